The number of hydrogen-bond donors (Lipinski definition) is 0. The molecular formula is C5H5N2O. The molecule has 0 fully saturated rings. The molecule has 0 atom stereocenters. The lowest BCUT2D eigenvalue weighted by atomic mass is 10.5. The molecule has 0 saturated carbocycles. The third-order valence-corrected chi connectivity index (χ3v) is 0.688. The summed E-state index contributed by atoms with van der Waals surface area (Å²) in [5, 5.41) is 10.2. The minimum atomic E-state index is 0. The molecule has 0 unspecified atom stereocenters. The summed E-state index contributed by atoms with van der Waals surface area (Å²) in [4.78, 5) is 0. The summed E-state index contributed by atoms with van der Waals surface area (Å²) in [5.41, 5.74) is 0. The molecule has 0 saturated heterocycles. The van der Waals surface area contributed by atoms with E-state index in [1.54, 1.807) is 18.2 Å². The fourth-order valence-corrected chi connectivity index (χ4v) is 0.383. The van der Waals surface area contributed by atoms with Crippen LogP contribution in [0.2, 0.25) is 0 Å². The van der Waals surface area contributed by atoms with Gasteiger partial charge in [-0.15, -0.1) is 0 Å². The fraction of sp³-hybridized carbons (Fsp3) is 0. The highest BCUT2D eigenvalue weighted by molar-refractivity contribution is 4.83. The molecule has 1 rings (SSSR count). The van der Waals surface area contributed by atoms with Crippen molar-refractivity contribution in [1.82, 2.24) is 6.15 Å². The van der Waals surface area contributed by atoms with Crippen molar-refractivity contribution < 1.29 is 4.73 Å². The predicted octanol–water partition coefficient (Wildman–Crippen LogP) is -0.161. The zero-order chi connectivity index (χ0) is 5.11. The Morgan fingerprint density at radius 3 is 1.75 bits per heavy atom. The van der Waals surface area contributed by atoms with Gasteiger partial charge in [-0.2, -0.15) is 4.73 Å². The number of pyridine rings is 1. The molecule has 0 bridgehead atoms. The van der Waals surface area contributed by atoms with Crippen molar-refractivity contribution in [3.05, 3.63) is 35.8 Å². The van der Waals surface area contributed by atoms with Gasteiger partial charge in [0.15, 0.2) is 12.4 Å². The van der Waals surface area contributed by atoms with E-state index in [0.717, 1.165) is 4.73 Å². The molecule has 1 aromatic heterocycles. The van der Waals surface area contributed by atoms with Crippen molar-refractivity contribution in [2.24, 2.45) is 0 Å². The second-order valence-electron chi connectivity index (χ2n) is 1.24. The molecule has 3 radical (unpaired) electrons. The van der Waals surface area contributed by atoms with Gasteiger partial charge in [0.2, 0.25) is 0 Å². The number of aromatic nitrogens is 1. The predicted molar refractivity (Wildman–Crippen MR) is 27.5 cm³/mol. The number of nitrogens with zero attached hydrogens (tertiary/aromatic N) is 2. The van der Waals surface area contributed by atoms with Gasteiger partial charge in [0.25, 0.3) is 0 Å². The maximum absolute atomic E-state index is 10.2. The molecule has 1 aromatic rings. The Hall–Kier alpha value is -1.09. The van der Waals surface area contributed by atoms with Crippen LogP contribution in [0.4, 0.5) is 0 Å². The summed E-state index contributed by atoms with van der Waals surface area (Å²) in [6.07, 6.45) is 2.89. The summed E-state index contributed by atoms with van der Waals surface area (Å²) in [6.45, 7) is 0. The minimum Gasteiger partial charge on any atom is -0.619 e. The molecule has 0 amide bonds. The van der Waals surface area contributed by atoms with Crippen LogP contribution in [0.15, 0.2) is 30.6 Å². The van der Waals surface area contributed by atoms with E-state index in [1.165, 1.54) is 12.4 Å². The molecule has 41 valence electrons. The first-order valence-corrected chi connectivity index (χ1v) is 2.03. The largest absolute Gasteiger partial charge is 0.619 e. The van der Waals surface area contributed by atoms with Crippen LogP contribution in [0.5, 0.6) is 0 Å². The van der Waals surface area contributed by atoms with E-state index >= 15 is 0 Å². The highest BCUT2D eigenvalue weighted by Crippen LogP contribution is 1.72. The molecule has 0 aliphatic heterocycles. The van der Waals surface area contributed by atoms with Crippen LogP contribution in [0.3, 0.4) is 0 Å². The fourth-order valence-electron chi connectivity index (χ4n) is 0.383. The molecule has 3 heteroatoms. The molecule has 3 nitrogen and oxygen atoms in total. The highest BCUT2D eigenvalue weighted by atomic mass is 16.5. The van der Waals surface area contributed by atoms with Gasteiger partial charge in [-0.3, -0.25) is 0 Å². The zero-order valence-electron chi connectivity index (χ0n) is 4.19. The summed E-state index contributed by atoms with van der Waals surface area (Å²) in [6, 6.07) is 5.18. The maximum Gasteiger partial charge on any atom is 0.180 e. The Labute approximate surface area is 47.7 Å². The van der Waals surface area contributed by atoms with Crippen molar-refractivity contribution in [3.63, 3.8) is 0 Å². The van der Waals surface area contributed by atoms with Crippen LogP contribution in [-0.4, -0.2) is 0 Å². The topological polar surface area (TPSA) is 57.4 Å². The molecule has 0 spiro atoms. The van der Waals surface area contributed by atoms with Gasteiger partial charge in [-0.1, -0.05) is 6.07 Å². The first-order chi connectivity index (χ1) is 3.39. The molecule has 0 aromatic carbocycles. The van der Waals surface area contributed by atoms with Crippen molar-refractivity contribution in [2.75, 3.05) is 0 Å². The first-order valence-electron chi connectivity index (χ1n) is 2.03. The highest BCUT2D eigenvalue weighted by Gasteiger charge is 1.74. The normalized spacial score (nSPS) is 7.50. The average molecular weight is 109 g/mol. The second kappa shape index (κ2) is 2.98. The lowest BCUT2D eigenvalue weighted by molar-refractivity contribution is -0.605. The lowest BCUT2D eigenvalue weighted by Gasteiger charge is -1.88. The van der Waals surface area contributed by atoms with Gasteiger partial charge in [0.1, 0.15) is 0 Å². The summed E-state index contributed by atoms with van der Waals surface area (Å²) in [7, 11) is 0. The van der Waals surface area contributed by atoms with Gasteiger partial charge in [0, 0.05) is 18.3 Å². The molecular weight excluding hydrogens is 104 g/mol. The Morgan fingerprint density at radius 2 is 1.50 bits per heavy atom. The van der Waals surface area contributed by atoms with Crippen LogP contribution < -0.4 is 10.9 Å². The van der Waals surface area contributed by atoms with E-state index in [2.05, 4.69) is 0 Å². The average Bonchev–Trinajstić information content (AvgIpc) is 1.69. The Bertz CT molecular complexity index is 140. The monoisotopic (exact) mass is 109 g/mol. The number of hydrogen-bond acceptors (Lipinski definition) is 1. The summed E-state index contributed by atoms with van der Waals surface area (Å²) in [5.74, 6) is 0. The van der Waals surface area contributed by atoms with E-state index in [4.69, 9.17) is 0 Å². The Morgan fingerprint density at radius 1 is 1.00 bits per heavy atom. The molecule has 0 N–H and O–H groups in total. The van der Waals surface area contributed by atoms with Crippen molar-refractivity contribution >= 4 is 0 Å². The van der Waals surface area contributed by atoms with E-state index < -0.39 is 0 Å². The Kier molecular flexibility index (Phi) is 2.58. The van der Waals surface area contributed by atoms with E-state index in [1.807, 2.05) is 0 Å². The molecule has 0 aliphatic carbocycles. The third kappa shape index (κ3) is 1.57. The van der Waals surface area contributed by atoms with Crippen LogP contribution in [0, 0.1) is 5.21 Å². The standard InChI is InChI=1S/C5H5NO.N/c7-6-4-2-1-3-5-6;/h1-5H;. The van der Waals surface area contributed by atoms with Gasteiger partial charge in [0.05, 0.1) is 0 Å². The van der Waals surface area contributed by atoms with Gasteiger partial charge in [-0.05, 0) is 0 Å². The zero-order valence-corrected chi connectivity index (χ0v) is 4.19. The lowest BCUT2D eigenvalue weighted by Crippen LogP contribution is -2.22. The van der Waals surface area contributed by atoms with Gasteiger partial charge >= 0.3 is 0 Å². The van der Waals surface area contributed by atoms with E-state index in [-0.39, 0.29) is 6.15 Å². The van der Waals surface area contributed by atoms with Crippen LogP contribution in [0.25, 0.3) is 0 Å². The van der Waals surface area contributed by atoms with Crippen molar-refractivity contribution in [1.29, 1.82) is 0 Å². The molecule has 8 heavy (non-hydrogen) atoms. The SMILES string of the molecule is [N].[O-][n+]1ccccc1. The number of rotatable bonds is 0. The van der Waals surface area contributed by atoms with Crippen LogP contribution in [0.1, 0.15) is 0 Å². The minimum absolute atomic E-state index is 0. The van der Waals surface area contributed by atoms with Crippen molar-refractivity contribution in [2.45, 2.75) is 0 Å². The van der Waals surface area contributed by atoms with Crippen LogP contribution in [-0.2, 0) is 0 Å². The smallest absolute Gasteiger partial charge is 0.180 e. The van der Waals surface area contributed by atoms with Gasteiger partial charge < -0.3 is 5.21 Å². The van der Waals surface area contributed by atoms with Gasteiger partial charge in [-0.25, -0.2) is 0 Å². The van der Waals surface area contributed by atoms with E-state index in [9.17, 15) is 5.21 Å². The second-order valence-corrected chi connectivity index (χ2v) is 1.24. The van der Waals surface area contributed by atoms with Crippen molar-refractivity contribution in [3.8, 4) is 0 Å². The third-order valence-electron chi connectivity index (χ3n) is 0.688. The van der Waals surface area contributed by atoms with Crippen LogP contribution >= 0.6 is 0 Å². The summed E-state index contributed by atoms with van der Waals surface area (Å²) >= 11 is 0. The first kappa shape index (κ1) is 6.91. The Balaban J connectivity index is 0.000000490. The maximum atomic E-state index is 10.2. The quantitative estimate of drug-likeness (QED) is 0.337. The molecule has 0 aliphatic rings. The van der Waals surface area contributed by atoms with E-state index in [0.29, 0.717) is 0 Å². The molecule has 1 heterocycles. The summed E-state index contributed by atoms with van der Waals surface area (Å²) < 4.78 is 0.750.